The molecule has 0 fully saturated rings. The Bertz CT molecular complexity index is 1370. The van der Waals surface area contributed by atoms with Gasteiger partial charge in [0.2, 0.25) is 15.9 Å². The van der Waals surface area contributed by atoms with Crippen LogP contribution in [0.3, 0.4) is 0 Å². The minimum absolute atomic E-state index is 0.000000000000000444. The SMILES string of the molecule is Clc1nc(Cl)nc(Cl)n1.NC(=C(N)c1cccc(S(=O)(=O)O)c1S(=O)(=O)O)c1ccccc1. The number of benzene rings is 2. The predicted octanol–water partition coefficient (Wildman–Crippen LogP) is 2.76. The zero-order valence-corrected chi connectivity index (χ0v) is 20.0. The molecule has 6 N–H and O–H groups in total. The number of hydrogen-bond donors (Lipinski definition) is 4. The molecule has 0 atom stereocenters. The summed E-state index contributed by atoms with van der Waals surface area (Å²) in [5, 5.41) is 0.00000000000000178. The molecule has 0 aliphatic carbocycles. The van der Waals surface area contributed by atoms with Gasteiger partial charge in [-0.15, -0.1) is 0 Å². The second-order valence-electron chi connectivity index (χ2n) is 5.92. The maximum atomic E-state index is 11.6. The Morgan fingerprint density at radius 1 is 0.697 bits per heavy atom. The molecule has 2 aromatic carbocycles. The average molecular weight is 555 g/mol. The highest BCUT2D eigenvalue weighted by atomic mass is 35.5. The highest BCUT2D eigenvalue weighted by molar-refractivity contribution is 7.89. The Labute approximate surface area is 203 Å². The number of nitrogens with zero attached hydrogens (tertiary/aromatic N) is 3. The Morgan fingerprint density at radius 2 is 1.18 bits per heavy atom. The summed E-state index contributed by atoms with van der Waals surface area (Å²) in [5.74, 6) is 0. The summed E-state index contributed by atoms with van der Waals surface area (Å²) in [6, 6.07) is 11.5. The zero-order chi connectivity index (χ0) is 25.0. The average Bonchev–Trinajstić information content (AvgIpc) is 2.71. The summed E-state index contributed by atoms with van der Waals surface area (Å²) in [7, 11) is -9.94. The lowest BCUT2D eigenvalue weighted by atomic mass is 10.1. The van der Waals surface area contributed by atoms with Gasteiger partial charge in [0.1, 0.15) is 9.79 Å². The van der Waals surface area contributed by atoms with Crippen LogP contribution in [0.25, 0.3) is 11.4 Å². The van der Waals surface area contributed by atoms with E-state index in [1.807, 2.05) is 0 Å². The molecule has 33 heavy (non-hydrogen) atoms. The number of rotatable bonds is 4. The van der Waals surface area contributed by atoms with Crippen molar-refractivity contribution in [2.75, 3.05) is 0 Å². The molecule has 11 nitrogen and oxygen atoms in total. The predicted molar refractivity (Wildman–Crippen MR) is 123 cm³/mol. The van der Waals surface area contributed by atoms with Crippen LogP contribution in [0.4, 0.5) is 0 Å². The van der Waals surface area contributed by atoms with Gasteiger partial charge in [-0.2, -0.15) is 31.8 Å². The van der Waals surface area contributed by atoms with Crippen molar-refractivity contribution >= 4 is 66.4 Å². The molecule has 0 saturated heterocycles. The van der Waals surface area contributed by atoms with Gasteiger partial charge in [-0.05, 0) is 46.4 Å². The maximum Gasteiger partial charge on any atom is 0.296 e. The van der Waals surface area contributed by atoms with E-state index in [4.69, 9.17) is 46.3 Å². The Morgan fingerprint density at radius 3 is 1.61 bits per heavy atom. The van der Waals surface area contributed by atoms with Crippen molar-refractivity contribution in [1.29, 1.82) is 0 Å². The largest absolute Gasteiger partial charge is 0.397 e. The lowest BCUT2D eigenvalue weighted by Crippen LogP contribution is -2.15. The van der Waals surface area contributed by atoms with Gasteiger partial charge in [0, 0.05) is 5.56 Å². The van der Waals surface area contributed by atoms with E-state index < -0.39 is 30.0 Å². The van der Waals surface area contributed by atoms with E-state index in [1.165, 1.54) is 6.07 Å². The monoisotopic (exact) mass is 553 g/mol. The fourth-order valence-corrected chi connectivity index (χ4v) is 5.03. The standard InChI is InChI=1S/C14H14N2O6S2.C3Cl3N3/c15-12(9-5-2-1-3-6-9)13(16)10-7-4-8-11(23(17,18)19)14(10)24(20,21)22;4-1-7-2(5)9-3(6)8-1/h1-8H,15-16H2,(H,17,18,19)(H,20,21,22);. The lowest BCUT2D eigenvalue weighted by Gasteiger charge is -2.13. The van der Waals surface area contributed by atoms with E-state index >= 15 is 0 Å². The molecule has 0 unspecified atom stereocenters. The van der Waals surface area contributed by atoms with Crippen molar-refractivity contribution in [2.24, 2.45) is 11.5 Å². The highest BCUT2D eigenvalue weighted by Gasteiger charge is 2.28. The lowest BCUT2D eigenvalue weighted by molar-refractivity contribution is 0.466. The van der Waals surface area contributed by atoms with Gasteiger partial charge < -0.3 is 11.5 Å². The first-order valence-electron chi connectivity index (χ1n) is 8.33. The van der Waals surface area contributed by atoms with E-state index in [1.54, 1.807) is 30.3 Å². The molecule has 3 rings (SSSR count). The minimum Gasteiger partial charge on any atom is -0.397 e. The van der Waals surface area contributed by atoms with E-state index in [9.17, 15) is 25.9 Å². The first kappa shape index (κ1) is 26.7. The number of halogens is 3. The first-order valence-corrected chi connectivity index (χ1v) is 12.3. The molecular weight excluding hydrogens is 541 g/mol. The van der Waals surface area contributed by atoms with Crippen molar-refractivity contribution in [3.8, 4) is 0 Å². The van der Waals surface area contributed by atoms with Crippen LogP contribution in [0.15, 0.2) is 58.3 Å². The normalized spacial score (nSPS) is 12.4. The van der Waals surface area contributed by atoms with Crippen LogP contribution in [-0.2, 0) is 20.2 Å². The fraction of sp³-hybridized carbons (Fsp3) is 0. The molecule has 0 spiro atoms. The third-order valence-corrected chi connectivity index (χ3v) is 6.22. The molecule has 0 saturated carbocycles. The van der Waals surface area contributed by atoms with Gasteiger partial charge in [-0.1, -0.05) is 42.5 Å². The van der Waals surface area contributed by atoms with Crippen LogP contribution in [-0.4, -0.2) is 40.9 Å². The van der Waals surface area contributed by atoms with Gasteiger partial charge in [0.15, 0.2) is 0 Å². The smallest absolute Gasteiger partial charge is 0.296 e. The molecular formula is C17H14Cl3N5O6S2. The number of hydrogen-bond acceptors (Lipinski definition) is 9. The first-order chi connectivity index (χ1) is 15.2. The van der Waals surface area contributed by atoms with Gasteiger partial charge in [-0.3, -0.25) is 9.11 Å². The van der Waals surface area contributed by atoms with Crippen molar-refractivity contribution < 1.29 is 25.9 Å². The summed E-state index contributed by atoms with van der Waals surface area (Å²) < 4.78 is 64.7. The van der Waals surface area contributed by atoms with E-state index in [2.05, 4.69) is 15.0 Å². The van der Waals surface area contributed by atoms with Gasteiger partial charge >= 0.3 is 0 Å². The van der Waals surface area contributed by atoms with Crippen LogP contribution in [0.1, 0.15) is 11.1 Å². The molecule has 0 aliphatic rings. The topological polar surface area (TPSA) is 199 Å². The van der Waals surface area contributed by atoms with Crippen LogP contribution >= 0.6 is 34.8 Å². The summed E-state index contributed by atoms with van der Waals surface area (Å²) in [4.78, 5) is 8.34. The Kier molecular flexibility index (Phi) is 8.59. The molecule has 0 bridgehead atoms. The number of aromatic nitrogens is 3. The van der Waals surface area contributed by atoms with E-state index in [0.29, 0.717) is 5.56 Å². The Balaban J connectivity index is 0.000000357. The van der Waals surface area contributed by atoms with Crippen LogP contribution in [0.2, 0.25) is 15.9 Å². The molecule has 176 valence electrons. The van der Waals surface area contributed by atoms with Crippen molar-refractivity contribution in [2.45, 2.75) is 9.79 Å². The maximum absolute atomic E-state index is 11.6. The fourth-order valence-electron chi connectivity index (χ4n) is 2.42. The molecule has 16 heteroatoms. The number of nitrogens with two attached hydrogens (primary N) is 2. The Hall–Kier alpha value is -2.52. The van der Waals surface area contributed by atoms with Crippen LogP contribution < -0.4 is 11.5 Å². The van der Waals surface area contributed by atoms with Crippen molar-refractivity contribution in [1.82, 2.24) is 15.0 Å². The van der Waals surface area contributed by atoms with E-state index in [0.717, 1.165) is 12.1 Å². The summed E-state index contributed by atoms with van der Waals surface area (Å²) in [6.07, 6.45) is 0. The molecule has 0 radical (unpaired) electrons. The van der Waals surface area contributed by atoms with Gasteiger partial charge in [-0.25, -0.2) is 0 Å². The van der Waals surface area contributed by atoms with Gasteiger partial charge in [0.25, 0.3) is 20.2 Å². The second-order valence-corrected chi connectivity index (χ2v) is 9.68. The third kappa shape index (κ3) is 7.23. The molecule has 1 heterocycles. The van der Waals surface area contributed by atoms with E-state index in [-0.39, 0.29) is 32.8 Å². The van der Waals surface area contributed by atoms with Gasteiger partial charge in [0.05, 0.1) is 11.4 Å². The molecule has 3 aromatic rings. The van der Waals surface area contributed by atoms with Crippen molar-refractivity contribution in [3.63, 3.8) is 0 Å². The van der Waals surface area contributed by atoms with Crippen molar-refractivity contribution in [3.05, 3.63) is 75.5 Å². The van der Waals surface area contributed by atoms with Crippen LogP contribution in [0, 0.1) is 0 Å². The molecule has 0 aliphatic heterocycles. The minimum atomic E-state index is -5.02. The molecule has 1 aromatic heterocycles. The summed E-state index contributed by atoms with van der Waals surface area (Å²) in [5.41, 5.74) is 11.6. The highest BCUT2D eigenvalue weighted by Crippen LogP contribution is 2.30. The summed E-state index contributed by atoms with van der Waals surface area (Å²) in [6.45, 7) is 0. The molecule has 0 amide bonds. The quantitative estimate of drug-likeness (QED) is 0.273. The summed E-state index contributed by atoms with van der Waals surface area (Å²) >= 11 is 16.0. The second kappa shape index (κ2) is 10.6. The van der Waals surface area contributed by atoms with Crippen LogP contribution in [0.5, 0.6) is 0 Å². The third-order valence-electron chi connectivity index (χ3n) is 3.73. The zero-order valence-electron chi connectivity index (χ0n) is 16.1.